The van der Waals surface area contributed by atoms with E-state index in [1.165, 1.54) is 5.84 Å². The Morgan fingerprint density at radius 3 is 2.94 bits per heavy atom. The zero-order valence-electron chi connectivity index (χ0n) is 10.6. The van der Waals surface area contributed by atoms with Gasteiger partial charge < -0.3 is 10.2 Å². The van der Waals surface area contributed by atoms with Crippen LogP contribution in [0.15, 0.2) is 4.99 Å². The highest BCUT2D eigenvalue weighted by Gasteiger charge is 2.18. The summed E-state index contributed by atoms with van der Waals surface area (Å²) in [4.78, 5) is 17.5. The van der Waals surface area contributed by atoms with Crippen molar-refractivity contribution in [1.82, 2.24) is 15.7 Å². The number of carbonyl (C=O) groups is 1. The molecule has 1 rings (SSSR count). The Bertz CT molecular complexity index is 279. The molecule has 6 nitrogen and oxygen atoms in total. The molecule has 0 unspecified atom stereocenters. The van der Waals surface area contributed by atoms with E-state index in [4.69, 9.17) is 5.21 Å². The summed E-state index contributed by atoms with van der Waals surface area (Å²) in [6, 6.07) is 0. The van der Waals surface area contributed by atoms with Gasteiger partial charge in [-0.1, -0.05) is 13.8 Å². The van der Waals surface area contributed by atoms with Crippen LogP contribution in [0, 0.1) is 5.92 Å². The highest BCUT2D eigenvalue weighted by Crippen LogP contribution is 2.08. The smallest absolute Gasteiger partial charge is 0.244 e. The monoisotopic (exact) mass is 242 g/mol. The molecule has 3 N–H and O–H groups in total. The highest BCUT2D eigenvalue weighted by atomic mass is 16.5. The number of hydrogen-bond donors (Lipinski definition) is 3. The molecule has 98 valence electrons. The molecule has 0 saturated carbocycles. The van der Waals surface area contributed by atoms with E-state index in [1.807, 2.05) is 0 Å². The van der Waals surface area contributed by atoms with Crippen LogP contribution in [0.25, 0.3) is 0 Å². The first-order chi connectivity index (χ1) is 8.15. The van der Waals surface area contributed by atoms with E-state index in [2.05, 4.69) is 29.1 Å². The summed E-state index contributed by atoms with van der Waals surface area (Å²) in [5.41, 5.74) is 1.61. The van der Waals surface area contributed by atoms with Gasteiger partial charge >= 0.3 is 0 Å². The summed E-state index contributed by atoms with van der Waals surface area (Å²) in [5, 5.41) is 11.5. The number of nitrogens with zero attached hydrogens (tertiary/aromatic N) is 2. The van der Waals surface area contributed by atoms with Gasteiger partial charge in [0.15, 0.2) is 0 Å². The molecule has 1 amide bonds. The molecule has 1 aliphatic rings. The number of nitrogens with one attached hydrogen (secondary N) is 2. The largest absolute Gasteiger partial charge is 0.357 e. The van der Waals surface area contributed by atoms with Crippen molar-refractivity contribution in [2.45, 2.75) is 20.3 Å². The van der Waals surface area contributed by atoms with Gasteiger partial charge in [0.2, 0.25) is 5.91 Å². The number of amides is 1. The fraction of sp³-hybridized carbons (Fsp3) is 0.818. The number of hydroxylamine groups is 1. The topological polar surface area (TPSA) is 77.0 Å². The van der Waals surface area contributed by atoms with Gasteiger partial charge in [-0.25, -0.2) is 5.48 Å². The van der Waals surface area contributed by atoms with Crippen LogP contribution in [0.5, 0.6) is 0 Å². The van der Waals surface area contributed by atoms with Gasteiger partial charge in [0.1, 0.15) is 5.84 Å². The maximum atomic E-state index is 10.7. The molecule has 0 radical (unpaired) electrons. The second-order valence-corrected chi connectivity index (χ2v) is 4.42. The van der Waals surface area contributed by atoms with Crippen LogP contribution in [0.2, 0.25) is 0 Å². The number of rotatable bonds is 7. The zero-order valence-corrected chi connectivity index (χ0v) is 10.6. The molecule has 1 aliphatic heterocycles. The van der Waals surface area contributed by atoms with Gasteiger partial charge in [-0.15, -0.1) is 0 Å². The quantitative estimate of drug-likeness (QED) is 0.329. The molecule has 0 aromatic rings. The van der Waals surface area contributed by atoms with Gasteiger partial charge in [0.05, 0.1) is 6.54 Å². The fourth-order valence-electron chi connectivity index (χ4n) is 1.87. The third-order valence-corrected chi connectivity index (χ3v) is 2.70. The summed E-state index contributed by atoms with van der Waals surface area (Å²) < 4.78 is 0. The Morgan fingerprint density at radius 1 is 1.53 bits per heavy atom. The van der Waals surface area contributed by atoms with Gasteiger partial charge in [-0.2, -0.15) is 0 Å². The van der Waals surface area contributed by atoms with Crippen molar-refractivity contribution in [3.63, 3.8) is 0 Å². The minimum Gasteiger partial charge on any atom is -0.357 e. The van der Waals surface area contributed by atoms with E-state index in [0.29, 0.717) is 18.9 Å². The Labute approximate surface area is 102 Å². The molecule has 0 fully saturated rings. The fourth-order valence-corrected chi connectivity index (χ4v) is 1.87. The average Bonchev–Trinajstić information content (AvgIpc) is 2.76. The number of aliphatic imine (C=N–C) groups is 1. The lowest BCUT2D eigenvalue weighted by Crippen LogP contribution is -2.37. The van der Waals surface area contributed by atoms with Crippen LogP contribution in [-0.2, 0) is 4.79 Å². The van der Waals surface area contributed by atoms with E-state index >= 15 is 0 Å². The lowest BCUT2D eigenvalue weighted by molar-refractivity contribution is -0.129. The maximum absolute atomic E-state index is 10.7. The second-order valence-electron chi connectivity index (χ2n) is 4.42. The van der Waals surface area contributed by atoms with Crippen molar-refractivity contribution in [1.29, 1.82) is 0 Å². The van der Waals surface area contributed by atoms with Gasteiger partial charge in [0.25, 0.3) is 0 Å². The number of amidine groups is 1. The molecule has 0 aromatic carbocycles. The van der Waals surface area contributed by atoms with Crippen LogP contribution in [0.3, 0.4) is 0 Å². The van der Waals surface area contributed by atoms with Crippen LogP contribution >= 0.6 is 0 Å². The van der Waals surface area contributed by atoms with E-state index < -0.39 is 0 Å². The molecular weight excluding hydrogens is 220 g/mol. The predicted molar refractivity (Wildman–Crippen MR) is 66.1 cm³/mol. The minimum absolute atomic E-state index is 0.293. The zero-order chi connectivity index (χ0) is 12.7. The Kier molecular flexibility index (Phi) is 5.93. The molecular formula is C11H22N4O2. The van der Waals surface area contributed by atoms with Crippen molar-refractivity contribution >= 4 is 11.7 Å². The molecule has 0 spiro atoms. The highest BCUT2D eigenvalue weighted by molar-refractivity contribution is 5.85. The molecule has 17 heavy (non-hydrogen) atoms. The average molecular weight is 242 g/mol. The first-order valence-corrected chi connectivity index (χ1v) is 6.08. The lowest BCUT2D eigenvalue weighted by atomic mass is 10.2. The molecule has 0 aromatic heterocycles. The van der Waals surface area contributed by atoms with Crippen molar-refractivity contribution in [3.8, 4) is 0 Å². The van der Waals surface area contributed by atoms with Crippen LogP contribution < -0.4 is 10.8 Å². The Hall–Kier alpha value is -1.14. The summed E-state index contributed by atoms with van der Waals surface area (Å²) in [5.74, 6) is 1.29. The van der Waals surface area contributed by atoms with E-state index in [-0.39, 0.29) is 5.91 Å². The number of carbonyl (C=O) groups excluding carboxylic acids is 1. The summed E-state index contributed by atoms with van der Waals surface area (Å²) >= 11 is 0. The van der Waals surface area contributed by atoms with Gasteiger partial charge in [-0.05, 0) is 0 Å². The van der Waals surface area contributed by atoms with Crippen LogP contribution in [-0.4, -0.2) is 54.6 Å². The molecule has 6 heteroatoms. The minimum atomic E-state index is -0.358. The van der Waals surface area contributed by atoms with Crippen molar-refractivity contribution in [2.24, 2.45) is 10.9 Å². The normalized spacial score (nSPS) is 15.3. The van der Waals surface area contributed by atoms with Gasteiger partial charge in [0, 0.05) is 38.5 Å². The van der Waals surface area contributed by atoms with Crippen LogP contribution in [0.1, 0.15) is 20.3 Å². The molecule has 0 aliphatic carbocycles. The first-order valence-electron chi connectivity index (χ1n) is 6.08. The Balaban J connectivity index is 2.11. The third-order valence-electron chi connectivity index (χ3n) is 2.70. The number of hydrogen-bond acceptors (Lipinski definition) is 5. The SMILES string of the molecule is CC(C)C1=NCCN1CCNCCC(=O)NO. The van der Waals surface area contributed by atoms with Crippen molar-refractivity contribution in [3.05, 3.63) is 0 Å². The van der Waals surface area contributed by atoms with Crippen molar-refractivity contribution < 1.29 is 10.0 Å². The standard InChI is InChI=1S/C11H22N4O2/c1-9(2)11-13-6-8-15(11)7-5-12-4-3-10(16)14-17/h9,12,17H,3-8H2,1-2H3,(H,14,16). The van der Waals surface area contributed by atoms with Crippen LogP contribution in [0.4, 0.5) is 0 Å². The van der Waals surface area contributed by atoms with E-state index in [9.17, 15) is 4.79 Å². The van der Waals surface area contributed by atoms with Crippen molar-refractivity contribution in [2.75, 3.05) is 32.7 Å². The predicted octanol–water partition coefficient (Wildman–Crippen LogP) is -0.158. The lowest BCUT2D eigenvalue weighted by Gasteiger charge is -2.22. The summed E-state index contributed by atoms with van der Waals surface area (Å²) in [6.45, 7) is 8.50. The molecule has 0 saturated heterocycles. The van der Waals surface area contributed by atoms with E-state index in [1.54, 1.807) is 5.48 Å². The third kappa shape index (κ3) is 4.70. The summed E-state index contributed by atoms with van der Waals surface area (Å²) in [7, 11) is 0. The molecule has 0 atom stereocenters. The molecule has 0 bridgehead atoms. The Morgan fingerprint density at radius 2 is 2.29 bits per heavy atom. The van der Waals surface area contributed by atoms with Gasteiger partial charge in [-0.3, -0.25) is 15.0 Å². The maximum Gasteiger partial charge on any atom is 0.244 e. The van der Waals surface area contributed by atoms with E-state index in [0.717, 1.165) is 26.2 Å². The summed E-state index contributed by atoms with van der Waals surface area (Å²) in [6.07, 6.45) is 0.293. The first kappa shape index (κ1) is 13.9. The molecule has 1 heterocycles. The second kappa shape index (κ2) is 7.24.